The van der Waals surface area contributed by atoms with Crippen molar-refractivity contribution in [1.82, 2.24) is 9.97 Å². The van der Waals surface area contributed by atoms with Crippen molar-refractivity contribution in [3.05, 3.63) is 39.8 Å². The number of allylic oxidation sites excluding steroid dienone is 1. The van der Waals surface area contributed by atoms with E-state index in [4.69, 9.17) is 5.73 Å². The zero-order valence-electron chi connectivity index (χ0n) is 11.9. The standard InChI is InChI=1S/C14H13N5O3/c1-6(2)10-11(12(15)20)18-19(13(10)21)7-3-4-8-9(5-7)17-14(22)16-8/h3-5H,1-2H3,(H2,15,20)(H2,16,17,22). The molecule has 1 aromatic carbocycles. The molecule has 0 radical (unpaired) electrons. The number of primary amides is 1. The number of anilines is 1. The molecule has 0 saturated heterocycles. The third-order valence-electron chi connectivity index (χ3n) is 3.32. The van der Waals surface area contributed by atoms with Gasteiger partial charge in [0, 0.05) is 0 Å². The summed E-state index contributed by atoms with van der Waals surface area (Å²) >= 11 is 0. The largest absolute Gasteiger partial charge is 0.364 e. The van der Waals surface area contributed by atoms with Crippen LogP contribution in [-0.2, 0) is 9.59 Å². The number of nitrogens with one attached hydrogen (secondary N) is 2. The quantitative estimate of drug-likeness (QED) is 0.694. The van der Waals surface area contributed by atoms with Gasteiger partial charge in [0.15, 0.2) is 5.71 Å². The summed E-state index contributed by atoms with van der Waals surface area (Å²) in [5.41, 5.74) is 7.33. The van der Waals surface area contributed by atoms with Crippen LogP contribution in [0.4, 0.5) is 5.69 Å². The Bertz CT molecular complexity index is 927. The molecule has 112 valence electrons. The van der Waals surface area contributed by atoms with E-state index in [1.807, 2.05) is 0 Å². The molecule has 8 nitrogen and oxygen atoms in total. The second-order valence-corrected chi connectivity index (χ2v) is 5.11. The fourth-order valence-corrected chi connectivity index (χ4v) is 2.35. The fraction of sp³-hybridized carbons (Fsp3) is 0.143. The second kappa shape index (κ2) is 4.69. The lowest BCUT2D eigenvalue weighted by Gasteiger charge is -2.11. The van der Waals surface area contributed by atoms with Crippen LogP contribution in [0.25, 0.3) is 11.0 Å². The minimum absolute atomic E-state index is 0.0624. The molecule has 22 heavy (non-hydrogen) atoms. The van der Waals surface area contributed by atoms with Crippen LogP contribution in [-0.4, -0.2) is 27.5 Å². The summed E-state index contributed by atoms with van der Waals surface area (Å²) in [5.74, 6) is -1.19. The van der Waals surface area contributed by atoms with E-state index in [1.165, 1.54) is 0 Å². The predicted octanol–water partition coefficient (Wildman–Crippen LogP) is 0.381. The number of fused-ring (bicyclic) bond motifs is 1. The Morgan fingerprint density at radius 2 is 1.86 bits per heavy atom. The molecule has 3 rings (SSSR count). The van der Waals surface area contributed by atoms with E-state index in [0.29, 0.717) is 22.3 Å². The molecule has 0 spiro atoms. The highest BCUT2D eigenvalue weighted by molar-refractivity contribution is 6.54. The molecule has 1 aliphatic rings. The highest BCUT2D eigenvalue weighted by Crippen LogP contribution is 2.27. The Morgan fingerprint density at radius 1 is 1.18 bits per heavy atom. The summed E-state index contributed by atoms with van der Waals surface area (Å²) < 4.78 is 0. The minimum atomic E-state index is -0.761. The first-order valence-electron chi connectivity index (χ1n) is 6.51. The van der Waals surface area contributed by atoms with Crippen molar-refractivity contribution in [2.75, 3.05) is 5.01 Å². The Kier molecular flexibility index (Phi) is 2.94. The Labute approximate surface area is 124 Å². The maximum Gasteiger partial charge on any atom is 0.323 e. The second-order valence-electron chi connectivity index (χ2n) is 5.11. The molecule has 0 bridgehead atoms. The molecule has 0 saturated carbocycles. The van der Waals surface area contributed by atoms with E-state index >= 15 is 0 Å². The third-order valence-corrected chi connectivity index (χ3v) is 3.32. The van der Waals surface area contributed by atoms with Gasteiger partial charge in [-0.05, 0) is 32.0 Å². The first-order chi connectivity index (χ1) is 10.4. The third kappa shape index (κ3) is 2.01. The molecule has 2 amide bonds. The van der Waals surface area contributed by atoms with Gasteiger partial charge in [0.25, 0.3) is 11.8 Å². The van der Waals surface area contributed by atoms with Gasteiger partial charge in [-0.3, -0.25) is 9.59 Å². The Morgan fingerprint density at radius 3 is 2.45 bits per heavy atom. The van der Waals surface area contributed by atoms with E-state index in [1.54, 1.807) is 32.0 Å². The number of carbonyl (C=O) groups excluding carboxylic acids is 2. The Balaban J connectivity index is 2.14. The molecule has 0 fully saturated rings. The molecule has 2 aromatic rings. The zero-order valence-corrected chi connectivity index (χ0v) is 11.9. The molecule has 4 N–H and O–H groups in total. The van der Waals surface area contributed by atoms with Crippen LogP contribution in [0.3, 0.4) is 0 Å². The van der Waals surface area contributed by atoms with Gasteiger partial charge in [-0.2, -0.15) is 10.1 Å². The number of rotatable bonds is 2. The average Bonchev–Trinajstić information content (AvgIpc) is 2.96. The highest BCUT2D eigenvalue weighted by Gasteiger charge is 2.34. The van der Waals surface area contributed by atoms with Crippen LogP contribution >= 0.6 is 0 Å². The van der Waals surface area contributed by atoms with Gasteiger partial charge in [0.2, 0.25) is 0 Å². The molecule has 0 atom stereocenters. The SMILES string of the molecule is CC(C)=C1C(=O)N(c2ccc3[nH]c(=O)[nH]c3c2)N=C1C(N)=O. The van der Waals surface area contributed by atoms with Crippen LogP contribution in [0.1, 0.15) is 13.8 Å². The van der Waals surface area contributed by atoms with Gasteiger partial charge in [-0.25, -0.2) is 4.79 Å². The lowest BCUT2D eigenvalue weighted by molar-refractivity contribution is -0.115. The number of imidazole rings is 1. The number of hydrazone groups is 1. The van der Waals surface area contributed by atoms with E-state index in [-0.39, 0.29) is 17.0 Å². The van der Waals surface area contributed by atoms with Crippen molar-refractivity contribution in [2.24, 2.45) is 10.8 Å². The van der Waals surface area contributed by atoms with Crippen LogP contribution in [0, 0.1) is 0 Å². The van der Waals surface area contributed by atoms with Crippen LogP contribution in [0.15, 0.2) is 39.2 Å². The minimum Gasteiger partial charge on any atom is -0.364 e. The van der Waals surface area contributed by atoms with Crippen molar-refractivity contribution in [1.29, 1.82) is 0 Å². The van der Waals surface area contributed by atoms with E-state index in [9.17, 15) is 14.4 Å². The monoisotopic (exact) mass is 299 g/mol. The highest BCUT2D eigenvalue weighted by atomic mass is 16.2. The topological polar surface area (TPSA) is 124 Å². The molecule has 0 aliphatic carbocycles. The number of nitrogens with two attached hydrogens (primary N) is 1. The number of H-pyrrole nitrogens is 2. The summed E-state index contributed by atoms with van der Waals surface area (Å²) in [7, 11) is 0. The average molecular weight is 299 g/mol. The van der Waals surface area contributed by atoms with E-state index in [0.717, 1.165) is 5.01 Å². The zero-order chi connectivity index (χ0) is 16.0. The normalized spacial score (nSPS) is 14.6. The number of nitrogens with zero attached hydrogens (tertiary/aromatic N) is 2. The number of carbonyl (C=O) groups is 2. The van der Waals surface area contributed by atoms with Crippen LogP contribution < -0.4 is 16.4 Å². The number of aromatic amines is 2. The summed E-state index contributed by atoms with van der Waals surface area (Å²) in [4.78, 5) is 40.4. The number of aromatic nitrogens is 2. The first-order valence-corrected chi connectivity index (χ1v) is 6.51. The maximum atomic E-state index is 12.5. The van der Waals surface area contributed by atoms with Gasteiger partial charge in [-0.15, -0.1) is 0 Å². The number of amides is 2. The number of hydrogen-bond acceptors (Lipinski definition) is 4. The molecule has 2 heterocycles. The number of hydrogen-bond donors (Lipinski definition) is 3. The smallest absolute Gasteiger partial charge is 0.323 e. The molecule has 8 heteroatoms. The van der Waals surface area contributed by atoms with Gasteiger partial charge in [0.05, 0.1) is 22.3 Å². The van der Waals surface area contributed by atoms with Crippen molar-refractivity contribution < 1.29 is 9.59 Å². The predicted molar refractivity (Wildman–Crippen MR) is 81.4 cm³/mol. The van der Waals surface area contributed by atoms with E-state index < -0.39 is 11.8 Å². The van der Waals surface area contributed by atoms with Crippen molar-refractivity contribution in [2.45, 2.75) is 13.8 Å². The van der Waals surface area contributed by atoms with Gasteiger partial charge in [-0.1, -0.05) is 5.57 Å². The summed E-state index contributed by atoms with van der Waals surface area (Å²) in [6.45, 7) is 3.42. The van der Waals surface area contributed by atoms with Crippen LogP contribution in [0.5, 0.6) is 0 Å². The molecule has 1 aromatic heterocycles. The van der Waals surface area contributed by atoms with Crippen molar-refractivity contribution >= 4 is 34.2 Å². The van der Waals surface area contributed by atoms with Crippen molar-refractivity contribution in [3.63, 3.8) is 0 Å². The summed E-state index contributed by atoms with van der Waals surface area (Å²) in [5, 5.41) is 5.13. The lowest BCUT2D eigenvalue weighted by atomic mass is 10.1. The lowest BCUT2D eigenvalue weighted by Crippen LogP contribution is -2.26. The van der Waals surface area contributed by atoms with Gasteiger partial charge >= 0.3 is 5.69 Å². The molecule has 0 unspecified atom stereocenters. The van der Waals surface area contributed by atoms with Gasteiger partial charge in [0.1, 0.15) is 0 Å². The fourth-order valence-electron chi connectivity index (χ4n) is 2.35. The Hall–Kier alpha value is -3.16. The molecule has 1 aliphatic heterocycles. The summed E-state index contributed by atoms with van der Waals surface area (Å²) in [6.07, 6.45) is 0. The molecular formula is C14H13N5O3. The summed E-state index contributed by atoms with van der Waals surface area (Å²) in [6, 6.07) is 4.87. The maximum absolute atomic E-state index is 12.5. The van der Waals surface area contributed by atoms with Gasteiger partial charge < -0.3 is 15.7 Å². The van der Waals surface area contributed by atoms with E-state index in [2.05, 4.69) is 15.1 Å². The van der Waals surface area contributed by atoms with Crippen molar-refractivity contribution in [3.8, 4) is 0 Å². The first kappa shape index (κ1) is 13.8. The molecular weight excluding hydrogens is 286 g/mol. The number of benzene rings is 1. The van der Waals surface area contributed by atoms with Crippen LogP contribution in [0.2, 0.25) is 0 Å².